The minimum atomic E-state index is -1.30. The Morgan fingerprint density at radius 1 is 1.02 bits per heavy atom. The van der Waals surface area contributed by atoms with Gasteiger partial charge in [0.25, 0.3) is 5.69 Å². The third-order valence-corrected chi connectivity index (χ3v) is 15.6. The van der Waals surface area contributed by atoms with Gasteiger partial charge in [0.1, 0.15) is 11.9 Å². The number of aliphatic hydroxyl groups is 2. The van der Waals surface area contributed by atoms with Crippen molar-refractivity contribution >= 4 is 17.8 Å². The summed E-state index contributed by atoms with van der Waals surface area (Å²) in [5.41, 5.74) is -1.96. The maximum absolute atomic E-state index is 13.0. The van der Waals surface area contributed by atoms with Crippen molar-refractivity contribution in [3.8, 4) is 5.75 Å². The normalized spacial score (nSPS) is 44.6. The monoisotopic (exact) mass is 697 g/mol. The van der Waals surface area contributed by atoms with E-state index >= 15 is 0 Å². The molecule has 1 aromatic rings. The van der Waals surface area contributed by atoms with E-state index in [1.807, 2.05) is 0 Å². The van der Waals surface area contributed by atoms with E-state index in [4.69, 9.17) is 18.9 Å². The van der Waals surface area contributed by atoms with E-state index in [0.717, 1.165) is 44.9 Å². The van der Waals surface area contributed by atoms with Crippen molar-refractivity contribution in [1.82, 2.24) is 0 Å². The molecule has 6 fully saturated rings. The molecule has 1 aromatic carbocycles. The number of aliphatic hydroxyl groups excluding tert-OH is 1. The number of nitro groups is 1. The van der Waals surface area contributed by atoms with Gasteiger partial charge in [0.05, 0.1) is 28.8 Å². The van der Waals surface area contributed by atoms with Gasteiger partial charge in [-0.15, -0.1) is 0 Å². The van der Waals surface area contributed by atoms with Gasteiger partial charge in [-0.05, 0) is 117 Å². The summed E-state index contributed by atoms with van der Waals surface area (Å²) >= 11 is 0. The van der Waals surface area contributed by atoms with Crippen molar-refractivity contribution in [3.63, 3.8) is 0 Å². The molecule has 50 heavy (non-hydrogen) atoms. The van der Waals surface area contributed by atoms with E-state index in [2.05, 4.69) is 34.6 Å². The van der Waals surface area contributed by atoms with Crippen LogP contribution in [0.25, 0.3) is 0 Å². The summed E-state index contributed by atoms with van der Waals surface area (Å²) in [4.78, 5) is 35.5. The maximum Gasteiger partial charge on any atom is 0.514 e. The van der Waals surface area contributed by atoms with Crippen LogP contribution in [0, 0.1) is 60.9 Å². The molecule has 0 radical (unpaired) electrons. The first kappa shape index (κ1) is 35.6. The molecule has 0 amide bonds. The Morgan fingerprint density at radius 3 is 2.28 bits per heavy atom. The van der Waals surface area contributed by atoms with Crippen LogP contribution in [0.1, 0.15) is 107 Å². The highest BCUT2D eigenvalue weighted by atomic mass is 16.7. The zero-order valence-corrected chi connectivity index (χ0v) is 30.8. The largest absolute Gasteiger partial charge is 0.514 e. The van der Waals surface area contributed by atoms with Gasteiger partial charge >= 0.3 is 12.1 Å². The Bertz CT molecular complexity index is 1550. The van der Waals surface area contributed by atoms with Crippen LogP contribution >= 0.6 is 0 Å². The summed E-state index contributed by atoms with van der Waals surface area (Å²) in [6.45, 7) is 16.0. The Morgan fingerprint density at radius 2 is 1.66 bits per heavy atom. The van der Waals surface area contributed by atoms with Gasteiger partial charge in [0.2, 0.25) is 0 Å². The molecule has 11 heteroatoms. The van der Waals surface area contributed by atoms with Crippen molar-refractivity contribution in [1.29, 1.82) is 0 Å². The molecule has 2 N–H and O–H groups in total. The number of rotatable bonds is 6. The predicted molar refractivity (Wildman–Crippen MR) is 182 cm³/mol. The fraction of sp³-hybridized carbons (Fsp3) is 0.795. The number of nitro benzene ring substituents is 1. The first-order valence-electron chi connectivity index (χ1n) is 18.6. The maximum atomic E-state index is 13.0. The van der Waals surface area contributed by atoms with Crippen LogP contribution in [0.4, 0.5) is 10.5 Å². The highest BCUT2D eigenvalue weighted by Crippen LogP contribution is 2.89. The number of esters is 1. The number of carbonyl (C=O) groups is 2. The number of carbonyl (C=O) groups excluding carboxylic acids is 2. The van der Waals surface area contributed by atoms with Gasteiger partial charge in [0, 0.05) is 29.9 Å². The lowest BCUT2D eigenvalue weighted by atomic mass is 9.41. The third-order valence-electron chi connectivity index (χ3n) is 15.6. The fourth-order valence-electron chi connectivity index (χ4n) is 13.4. The lowest BCUT2D eigenvalue weighted by Crippen LogP contribution is -2.60. The van der Waals surface area contributed by atoms with Crippen LogP contribution in [0.15, 0.2) is 24.3 Å². The second-order valence-corrected chi connectivity index (χ2v) is 18.4. The summed E-state index contributed by atoms with van der Waals surface area (Å²) in [5.74, 6) is 0.757. The zero-order valence-electron chi connectivity index (χ0n) is 30.8. The molecular formula is C39H55NO10. The van der Waals surface area contributed by atoms with Crippen LogP contribution in [0.2, 0.25) is 0 Å². The first-order valence-corrected chi connectivity index (χ1v) is 18.6. The zero-order chi connectivity index (χ0) is 36.4. The summed E-state index contributed by atoms with van der Waals surface area (Å²) in [5, 5.41) is 34.5. The standard InChI is InChI=1S/C39H55NO10/c1-21-19-25(32(35(5,6)44)47-22(2)41)49-30-29(21)36(7)17-18-39-20-38(39)16-15-28(50-33(43)48-24-11-9-23(10-12-24)40(45)46)34(3,4)26(38)13-14-27(39)37(36,8)31(30)42/h9-12,21,25-32,42,44H,13-20H2,1-8H3/t21-,25?,26?,27?,28?,29+,30+,31+,32?,36?,37-,38?,39?/m1/s1. The van der Waals surface area contributed by atoms with E-state index in [9.17, 15) is 29.9 Å². The second-order valence-electron chi connectivity index (χ2n) is 18.4. The van der Waals surface area contributed by atoms with Crippen molar-refractivity contribution in [2.75, 3.05) is 0 Å². The molecule has 11 nitrogen and oxygen atoms in total. The molecule has 1 saturated heterocycles. The molecule has 0 bridgehead atoms. The molecule has 5 saturated carbocycles. The molecule has 1 heterocycles. The second kappa shape index (κ2) is 11.4. The predicted octanol–water partition coefficient (Wildman–Crippen LogP) is 6.99. The number of benzene rings is 1. The number of fused-ring (bicyclic) bond motifs is 4. The number of ether oxygens (including phenoxy) is 4. The Labute approximate surface area is 294 Å². The van der Waals surface area contributed by atoms with Crippen LogP contribution in [-0.2, 0) is 19.0 Å². The molecule has 6 aliphatic rings. The molecule has 5 aliphatic carbocycles. The molecule has 1 aliphatic heterocycles. The quantitative estimate of drug-likeness (QED) is 0.138. The highest BCUT2D eigenvalue weighted by Gasteiger charge is 2.85. The smallest absolute Gasteiger partial charge is 0.457 e. The minimum absolute atomic E-state index is 0.0796. The number of non-ortho nitro benzene ring substituents is 1. The lowest BCUT2D eigenvalue weighted by Gasteiger charge is -2.63. The molecule has 2 spiro atoms. The SMILES string of the molecule is CC(=O)OC(C1C[C@@H](C)[C@H]2[C@H](O1)[C@H](O)[C@@]1(C)C3CCC4C(C)(C)C(OC(=O)Oc5ccc([N+](=O)[O-])cc5)CCC45CC35CCC21C)C(C)(C)O. The van der Waals surface area contributed by atoms with Gasteiger partial charge < -0.3 is 29.2 Å². The van der Waals surface area contributed by atoms with Gasteiger partial charge in [-0.1, -0.05) is 34.6 Å². The van der Waals surface area contributed by atoms with Crippen LogP contribution in [0.3, 0.4) is 0 Å². The van der Waals surface area contributed by atoms with E-state index in [1.54, 1.807) is 13.8 Å². The molecule has 8 unspecified atom stereocenters. The molecule has 7 rings (SSSR count). The number of nitrogens with zero attached hydrogens (tertiary/aromatic N) is 1. The van der Waals surface area contributed by atoms with Gasteiger partial charge in [0.15, 0.2) is 6.10 Å². The lowest BCUT2D eigenvalue weighted by molar-refractivity contribution is -0.384. The van der Waals surface area contributed by atoms with Crippen molar-refractivity contribution in [2.45, 2.75) is 143 Å². The summed E-state index contributed by atoms with van der Waals surface area (Å²) in [6, 6.07) is 5.40. The van der Waals surface area contributed by atoms with Crippen LogP contribution < -0.4 is 4.74 Å². The highest BCUT2D eigenvalue weighted by molar-refractivity contribution is 5.66. The minimum Gasteiger partial charge on any atom is -0.457 e. The Kier molecular flexibility index (Phi) is 8.10. The summed E-state index contributed by atoms with van der Waals surface area (Å²) < 4.78 is 23.9. The van der Waals surface area contributed by atoms with Crippen LogP contribution in [-0.4, -0.2) is 63.4 Å². The number of hydrogen-bond donors (Lipinski definition) is 2. The summed E-state index contributed by atoms with van der Waals surface area (Å²) in [7, 11) is 0. The van der Waals surface area contributed by atoms with Crippen molar-refractivity contribution in [2.24, 2.45) is 50.7 Å². The van der Waals surface area contributed by atoms with Gasteiger partial charge in [-0.2, -0.15) is 0 Å². The van der Waals surface area contributed by atoms with E-state index in [-0.39, 0.29) is 56.5 Å². The average molecular weight is 698 g/mol. The first-order chi connectivity index (χ1) is 23.2. The van der Waals surface area contributed by atoms with Crippen LogP contribution in [0.5, 0.6) is 5.75 Å². The Hall–Kier alpha value is -2.76. The molecule has 0 aromatic heterocycles. The summed E-state index contributed by atoms with van der Waals surface area (Å²) in [6.07, 6.45) is 3.95. The topological polar surface area (TPSA) is 155 Å². The third kappa shape index (κ3) is 4.84. The van der Waals surface area contributed by atoms with Crippen molar-refractivity contribution in [3.05, 3.63) is 34.4 Å². The van der Waals surface area contributed by atoms with Gasteiger partial charge in [-0.3, -0.25) is 14.9 Å². The van der Waals surface area contributed by atoms with Gasteiger partial charge in [-0.25, -0.2) is 4.79 Å². The molecular weight excluding hydrogens is 642 g/mol. The number of hydrogen-bond acceptors (Lipinski definition) is 10. The fourth-order valence-corrected chi connectivity index (χ4v) is 13.4. The van der Waals surface area contributed by atoms with E-state index < -0.39 is 47.1 Å². The van der Waals surface area contributed by atoms with E-state index in [0.29, 0.717) is 18.3 Å². The van der Waals surface area contributed by atoms with E-state index in [1.165, 1.54) is 31.2 Å². The molecule has 13 atom stereocenters. The van der Waals surface area contributed by atoms with Crippen molar-refractivity contribution < 1.29 is 43.7 Å². The molecule has 276 valence electrons. The average Bonchev–Trinajstić information content (AvgIpc) is 3.65. The Balaban J connectivity index is 1.10.